The molecule has 0 atom stereocenters. The number of hydrogen-bond donors (Lipinski definition) is 2. The molecule has 0 spiro atoms. The maximum absolute atomic E-state index is 4.24. The molecule has 4 nitrogen and oxygen atoms in total. The highest BCUT2D eigenvalue weighted by Gasteiger charge is 2.00. The molecule has 0 saturated carbocycles. The zero-order chi connectivity index (χ0) is 15.1. The summed E-state index contributed by atoms with van der Waals surface area (Å²) in [5, 5.41) is 10.9. The molecule has 0 amide bonds. The van der Waals surface area contributed by atoms with Crippen LogP contribution in [0, 0.1) is 0 Å². The van der Waals surface area contributed by atoms with Gasteiger partial charge in [-0.25, -0.2) is 0 Å². The van der Waals surface area contributed by atoms with Crippen LogP contribution in [0.15, 0.2) is 46.1 Å². The number of aliphatic imine (C=N–C) groups is 1. The Morgan fingerprint density at radius 3 is 2.18 bits per heavy atom. The van der Waals surface area contributed by atoms with Crippen LogP contribution in [0.1, 0.15) is 11.1 Å². The SMILES string of the molecule is CN=C(NCc1ccc(N(C)C)cc1)NCc1ccsc1.I. The van der Waals surface area contributed by atoms with Gasteiger partial charge in [-0.05, 0) is 40.1 Å². The highest BCUT2D eigenvalue weighted by Crippen LogP contribution is 2.12. The van der Waals surface area contributed by atoms with Crippen molar-refractivity contribution in [3.8, 4) is 0 Å². The van der Waals surface area contributed by atoms with Crippen LogP contribution in [0.5, 0.6) is 0 Å². The summed E-state index contributed by atoms with van der Waals surface area (Å²) in [7, 11) is 5.88. The Bertz CT molecular complexity index is 564. The standard InChI is InChI=1S/C16H22N4S.HI/c1-17-16(19-11-14-8-9-21-12-14)18-10-13-4-6-15(7-5-13)20(2)3;/h4-9,12H,10-11H2,1-3H3,(H2,17,18,19);1H. The van der Waals surface area contributed by atoms with Crippen molar-refractivity contribution in [3.05, 3.63) is 52.2 Å². The summed E-state index contributed by atoms with van der Waals surface area (Å²) in [6.45, 7) is 1.56. The highest BCUT2D eigenvalue weighted by molar-refractivity contribution is 14.0. The van der Waals surface area contributed by atoms with E-state index in [0.29, 0.717) is 0 Å². The van der Waals surface area contributed by atoms with Crippen molar-refractivity contribution in [2.45, 2.75) is 13.1 Å². The van der Waals surface area contributed by atoms with Crippen LogP contribution in [0.3, 0.4) is 0 Å². The number of thiophene rings is 1. The summed E-state index contributed by atoms with van der Waals surface area (Å²) in [6, 6.07) is 10.6. The summed E-state index contributed by atoms with van der Waals surface area (Å²) in [4.78, 5) is 6.33. The van der Waals surface area contributed by atoms with Crippen molar-refractivity contribution in [2.75, 3.05) is 26.0 Å². The Labute approximate surface area is 153 Å². The Morgan fingerprint density at radius 2 is 1.68 bits per heavy atom. The van der Waals surface area contributed by atoms with E-state index in [4.69, 9.17) is 0 Å². The molecule has 0 aliphatic heterocycles. The van der Waals surface area contributed by atoms with E-state index in [-0.39, 0.29) is 24.0 Å². The number of anilines is 1. The molecular formula is C16H23IN4S. The smallest absolute Gasteiger partial charge is 0.191 e. The molecule has 1 heterocycles. The van der Waals surface area contributed by atoms with E-state index in [0.717, 1.165) is 19.0 Å². The van der Waals surface area contributed by atoms with Crippen molar-refractivity contribution in [1.82, 2.24) is 10.6 Å². The number of nitrogens with one attached hydrogen (secondary N) is 2. The average Bonchev–Trinajstić information content (AvgIpc) is 3.01. The van der Waals surface area contributed by atoms with Gasteiger partial charge in [-0.3, -0.25) is 4.99 Å². The number of guanidine groups is 1. The largest absolute Gasteiger partial charge is 0.378 e. The van der Waals surface area contributed by atoms with Gasteiger partial charge in [0.05, 0.1) is 0 Å². The van der Waals surface area contributed by atoms with Gasteiger partial charge in [0, 0.05) is 39.9 Å². The Kier molecular flexibility index (Phi) is 8.26. The van der Waals surface area contributed by atoms with Gasteiger partial charge < -0.3 is 15.5 Å². The van der Waals surface area contributed by atoms with Crippen molar-refractivity contribution < 1.29 is 0 Å². The summed E-state index contributed by atoms with van der Waals surface area (Å²) < 4.78 is 0. The fourth-order valence-corrected chi connectivity index (χ4v) is 2.57. The second kappa shape index (κ2) is 9.68. The molecule has 2 aromatic rings. The van der Waals surface area contributed by atoms with Crippen molar-refractivity contribution in [2.24, 2.45) is 4.99 Å². The Morgan fingerprint density at radius 1 is 1.05 bits per heavy atom. The Hall–Kier alpha value is -1.28. The molecule has 0 bridgehead atoms. The van der Waals surface area contributed by atoms with E-state index < -0.39 is 0 Å². The van der Waals surface area contributed by atoms with E-state index >= 15 is 0 Å². The van der Waals surface area contributed by atoms with E-state index in [1.165, 1.54) is 16.8 Å². The third kappa shape index (κ3) is 5.84. The first-order valence-corrected chi connectivity index (χ1v) is 7.85. The topological polar surface area (TPSA) is 39.7 Å². The van der Waals surface area contributed by atoms with Crippen LogP contribution in [0.2, 0.25) is 0 Å². The summed E-state index contributed by atoms with van der Waals surface area (Å²) in [6.07, 6.45) is 0. The highest BCUT2D eigenvalue weighted by atomic mass is 127. The summed E-state index contributed by atoms with van der Waals surface area (Å²) in [5.74, 6) is 0.817. The second-order valence-electron chi connectivity index (χ2n) is 4.97. The number of rotatable bonds is 5. The second-order valence-corrected chi connectivity index (χ2v) is 5.75. The molecule has 22 heavy (non-hydrogen) atoms. The van der Waals surface area contributed by atoms with Crippen LogP contribution in [0.4, 0.5) is 5.69 Å². The number of halogens is 1. The maximum Gasteiger partial charge on any atom is 0.191 e. The van der Waals surface area contributed by atoms with Crippen molar-refractivity contribution >= 4 is 47.0 Å². The zero-order valence-corrected chi connectivity index (χ0v) is 16.3. The molecule has 1 aromatic heterocycles. The van der Waals surface area contributed by atoms with E-state index in [2.05, 4.69) is 61.6 Å². The molecule has 0 saturated heterocycles. The first-order valence-electron chi connectivity index (χ1n) is 6.91. The minimum atomic E-state index is 0. The fourth-order valence-electron chi connectivity index (χ4n) is 1.90. The first-order chi connectivity index (χ1) is 10.2. The zero-order valence-electron chi connectivity index (χ0n) is 13.2. The lowest BCUT2D eigenvalue weighted by Crippen LogP contribution is -2.36. The molecule has 1 aromatic carbocycles. The summed E-state index contributed by atoms with van der Waals surface area (Å²) in [5.41, 5.74) is 3.72. The van der Waals surface area contributed by atoms with Gasteiger partial charge in [0.1, 0.15) is 0 Å². The normalized spacial score (nSPS) is 10.8. The number of hydrogen-bond acceptors (Lipinski definition) is 3. The first kappa shape index (κ1) is 18.8. The van der Waals surface area contributed by atoms with Crippen molar-refractivity contribution in [1.29, 1.82) is 0 Å². The van der Waals surface area contributed by atoms with Gasteiger partial charge in [0.25, 0.3) is 0 Å². The van der Waals surface area contributed by atoms with Crippen LogP contribution in [0.25, 0.3) is 0 Å². The molecule has 6 heteroatoms. The third-order valence-electron chi connectivity index (χ3n) is 3.18. The van der Waals surface area contributed by atoms with Crippen molar-refractivity contribution in [3.63, 3.8) is 0 Å². The number of nitrogens with zero attached hydrogens (tertiary/aromatic N) is 2. The van der Waals surface area contributed by atoms with Crippen LogP contribution < -0.4 is 15.5 Å². The van der Waals surface area contributed by atoms with E-state index in [9.17, 15) is 0 Å². The monoisotopic (exact) mass is 430 g/mol. The minimum Gasteiger partial charge on any atom is -0.378 e. The predicted molar refractivity (Wildman–Crippen MR) is 108 cm³/mol. The molecule has 0 aliphatic rings. The number of benzene rings is 1. The van der Waals surface area contributed by atoms with E-state index in [1.807, 2.05) is 14.1 Å². The molecule has 0 fully saturated rings. The van der Waals surface area contributed by atoms with Gasteiger partial charge in [0.2, 0.25) is 0 Å². The van der Waals surface area contributed by atoms with Gasteiger partial charge in [0.15, 0.2) is 5.96 Å². The van der Waals surface area contributed by atoms with Crippen LogP contribution in [-0.2, 0) is 13.1 Å². The van der Waals surface area contributed by atoms with Gasteiger partial charge in [-0.15, -0.1) is 24.0 Å². The minimum absolute atomic E-state index is 0. The molecular weight excluding hydrogens is 407 g/mol. The lowest BCUT2D eigenvalue weighted by molar-refractivity contribution is 0.810. The quantitative estimate of drug-likeness (QED) is 0.435. The van der Waals surface area contributed by atoms with E-state index in [1.54, 1.807) is 18.4 Å². The third-order valence-corrected chi connectivity index (χ3v) is 3.91. The average molecular weight is 430 g/mol. The van der Waals surface area contributed by atoms with Gasteiger partial charge in [-0.2, -0.15) is 11.3 Å². The molecule has 120 valence electrons. The predicted octanol–water partition coefficient (Wildman–Crippen LogP) is 3.30. The van der Waals surface area contributed by atoms with Crippen LogP contribution in [-0.4, -0.2) is 27.1 Å². The molecule has 0 radical (unpaired) electrons. The van der Waals surface area contributed by atoms with Crippen LogP contribution >= 0.6 is 35.3 Å². The lowest BCUT2D eigenvalue weighted by Gasteiger charge is -2.14. The molecule has 0 unspecified atom stereocenters. The molecule has 2 rings (SSSR count). The molecule has 2 N–H and O–H groups in total. The fraction of sp³-hybridized carbons (Fsp3) is 0.312. The van der Waals surface area contributed by atoms with Gasteiger partial charge >= 0.3 is 0 Å². The Balaban J connectivity index is 0.00000242. The lowest BCUT2D eigenvalue weighted by atomic mass is 10.2. The maximum atomic E-state index is 4.24. The molecule has 0 aliphatic carbocycles. The van der Waals surface area contributed by atoms with Gasteiger partial charge in [-0.1, -0.05) is 12.1 Å². The summed E-state index contributed by atoms with van der Waals surface area (Å²) >= 11 is 1.71.